The molecule has 2 fully saturated rings. The van der Waals surface area contributed by atoms with Crippen molar-refractivity contribution >= 4 is 12.2 Å². The molecule has 2 unspecified atom stereocenters. The monoisotopic (exact) mass is 402 g/mol. The van der Waals surface area contributed by atoms with E-state index in [0.717, 1.165) is 0 Å². The second-order valence-electron chi connectivity index (χ2n) is 9.73. The SMILES string of the molecule is CC(C)(C)C1CC(O)CCN1C(=O)O.CC(C)(C)OC(=O)N1CCC(O)CC1. The van der Waals surface area contributed by atoms with Crippen LogP contribution in [0.25, 0.3) is 0 Å². The molecule has 8 heteroatoms. The van der Waals surface area contributed by atoms with E-state index < -0.39 is 11.7 Å². The van der Waals surface area contributed by atoms with E-state index in [4.69, 9.17) is 9.84 Å². The summed E-state index contributed by atoms with van der Waals surface area (Å²) in [5, 5.41) is 27.8. The molecule has 2 rings (SSSR count). The number of amides is 2. The Morgan fingerprint density at radius 2 is 1.39 bits per heavy atom. The molecule has 8 nitrogen and oxygen atoms in total. The molecule has 28 heavy (non-hydrogen) atoms. The number of aliphatic hydroxyl groups is 2. The van der Waals surface area contributed by atoms with Gasteiger partial charge in [0.1, 0.15) is 5.60 Å². The Labute approximate surface area is 168 Å². The van der Waals surface area contributed by atoms with Crippen molar-refractivity contribution in [2.24, 2.45) is 5.41 Å². The topological polar surface area (TPSA) is 111 Å². The van der Waals surface area contributed by atoms with Crippen LogP contribution in [0.5, 0.6) is 0 Å². The predicted molar refractivity (Wildman–Crippen MR) is 106 cm³/mol. The molecule has 2 aliphatic rings. The Kier molecular flexibility index (Phi) is 8.56. The van der Waals surface area contributed by atoms with E-state index in [-0.39, 0.29) is 29.8 Å². The van der Waals surface area contributed by atoms with Crippen LogP contribution < -0.4 is 0 Å². The predicted octanol–water partition coefficient (Wildman–Crippen LogP) is 2.91. The average Bonchev–Trinajstić information content (AvgIpc) is 2.53. The summed E-state index contributed by atoms with van der Waals surface area (Å²) in [6.45, 7) is 13.2. The highest BCUT2D eigenvalue weighted by Gasteiger charge is 2.38. The lowest BCUT2D eigenvalue weighted by Gasteiger charge is -2.43. The third-order valence-corrected chi connectivity index (χ3v) is 4.94. The van der Waals surface area contributed by atoms with E-state index >= 15 is 0 Å². The van der Waals surface area contributed by atoms with Crippen LogP contribution >= 0.6 is 0 Å². The smallest absolute Gasteiger partial charge is 0.410 e. The number of likely N-dealkylation sites (tertiary alicyclic amines) is 2. The number of hydrogen-bond donors (Lipinski definition) is 3. The van der Waals surface area contributed by atoms with Gasteiger partial charge in [0, 0.05) is 25.7 Å². The maximum atomic E-state index is 11.5. The zero-order chi connectivity index (χ0) is 21.7. The van der Waals surface area contributed by atoms with Gasteiger partial charge in [-0.05, 0) is 51.9 Å². The minimum Gasteiger partial charge on any atom is -0.465 e. The highest BCUT2D eigenvalue weighted by molar-refractivity contribution is 5.68. The van der Waals surface area contributed by atoms with Gasteiger partial charge < -0.3 is 29.9 Å². The van der Waals surface area contributed by atoms with Crippen molar-refractivity contribution < 1.29 is 29.6 Å². The maximum absolute atomic E-state index is 11.5. The maximum Gasteiger partial charge on any atom is 0.410 e. The molecule has 164 valence electrons. The van der Waals surface area contributed by atoms with Crippen molar-refractivity contribution in [1.29, 1.82) is 0 Å². The fraction of sp³-hybridized carbons (Fsp3) is 0.900. The van der Waals surface area contributed by atoms with Gasteiger partial charge in [-0.3, -0.25) is 0 Å². The summed E-state index contributed by atoms with van der Waals surface area (Å²) in [5.41, 5.74) is -0.549. The van der Waals surface area contributed by atoms with E-state index in [0.29, 0.717) is 45.3 Å². The lowest BCUT2D eigenvalue weighted by molar-refractivity contribution is 0.00389. The first kappa shape index (κ1) is 24.5. The molecule has 0 aliphatic carbocycles. The van der Waals surface area contributed by atoms with Crippen molar-refractivity contribution in [3.05, 3.63) is 0 Å². The summed E-state index contributed by atoms with van der Waals surface area (Å²) in [4.78, 5) is 25.6. The van der Waals surface area contributed by atoms with Gasteiger partial charge in [0.15, 0.2) is 0 Å². The number of nitrogens with zero attached hydrogens (tertiary/aromatic N) is 2. The Morgan fingerprint density at radius 3 is 1.82 bits per heavy atom. The van der Waals surface area contributed by atoms with Crippen molar-refractivity contribution in [3.8, 4) is 0 Å². The lowest BCUT2D eigenvalue weighted by Crippen LogP contribution is -2.52. The fourth-order valence-corrected chi connectivity index (χ4v) is 3.37. The summed E-state index contributed by atoms with van der Waals surface area (Å²) in [7, 11) is 0. The summed E-state index contributed by atoms with van der Waals surface area (Å²) < 4.78 is 5.22. The molecular formula is C20H38N2O6. The van der Waals surface area contributed by atoms with Crippen LogP contribution in [-0.4, -0.2) is 80.8 Å². The van der Waals surface area contributed by atoms with Gasteiger partial charge in [0.05, 0.1) is 12.2 Å². The number of ether oxygens (including phenoxy) is 1. The number of carbonyl (C=O) groups excluding carboxylic acids is 1. The van der Waals surface area contributed by atoms with Crippen molar-refractivity contribution in [3.63, 3.8) is 0 Å². The Balaban J connectivity index is 0.000000280. The van der Waals surface area contributed by atoms with Gasteiger partial charge in [-0.15, -0.1) is 0 Å². The molecule has 0 saturated carbocycles. The second kappa shape index (κ2) is 9.78. The van der Waals surface area contributed by atoms with Crippen LogP contribution in [0.3, 0.4) is 0 Å². The molecule has 0 aromatic rings. The number of carboxylic acid groups (broad SMARTS) is 1. The average molecular weight is 403 g/mol. The van der Waals surface area contributed by atoms with Crippen LogP contribution in [0.4, 0.5) is 9.59 Å². The number of rotatable bonds is 0. The van der Waals surface area contributed by atoms with Crippen molar-refractivity contribution in [2.45, 2.75) is 91.1 Å². The van der Waals surface area contributed by atoms with E-state index in [1.165, 1.54) is 4.90 Å². The molecule has 0 aromatic heterocycles. The minimum absolute atomic E-state index is 0.0799. The van der Waals surface area contributed by atoms with E-state index in [1.807, 2.05) is 41.5 Å². The normalized spacial score (nSPS) is 24.3. The van der Waals surface area contributed by atoms with Gasteiger partial charge in [0.25, 0.3) is 0 Å². The van der Waals surface area contributed by atoms with Gasteiger partial charge in [-0.1, -0.05) is 20.8 Å². The number of aliphatic hydroxyl groups excluding tert-OH is 2. The first-order chi connectivity index (χ1) is 12.7. The highest BCUT2D eigenvalue weighted by atomic mass is 16.6. The Bertz CT molecular complexity index is 518. The molecule has 2 atom stereocenters. The van der Waals surface area contributed by atoms with Gasteiger partial charge >= 0.3 is 12.2 Å². The van der Waals surface area contributed by atoms with Gasteiger partial charge in [0.2, 0.25) is 0 Å². The third-order valence-electron chi connectivity index (χ3n) is 4.94. The molecule has 0 radical (unpaired) electrons. The summed E-state index contributed by atoms with van der Waals surface area (Å²) in [5.74, 6) is 0. The molecule has 2 saturated heterocycles. The van der Waals surface area contributed by atoms with E-state index in [1.54, 1.807) is 4.90 Å². The fourth-order valence-electron chi connectivity index (χ4n) is 3.37. The first-order valence-electron chi connectivity index (χ1n) is 10.0. The van der Waals surface area contributed by atoms with Crippen LogP contribution in [0.2, 0.25) is 0 Å². The summed E-state index contributed by atoms with van der Waals surface area (Å²) in [6.07, 6.45) is 0.650. The quantitative estimate of drug-likeness (QED) is 0.575. The standard InChI is InChI=1S/2C10H19NO3/c1-10(2,3)14-9(13)11-6-4-8(12)5-7-11;1-10(2,3)8-6-7(12)4-5-11(8)9(13)14/h8,12H,4-7H2,1-3H3;7-8,12H,4-6H2,1-3H3,(H,13,14). The zero-order valence-corrected chi connectivity index (χ0v) is 18.1. The van der Waals surface area contributed by atoms with Crippen LogP contribution in [0.1, 0.15) is 67.2 Å². The van der Waals surface area contributed by atoms with Crippen molar-refractivity contribution in [2.75, 3.05) is 19.6 Å². The molecule has 0 bridgehead atoms. The largest absolute Gasteiger partial charge is 0.465 e. The molecule has 0 spiro atoms. The van der Waals surface area contributed by atoms with Crippen LogP contribution in [0.15, 0.2) is 0 Å². The number of hydrogen-bond acceptors (Lipinski definition) is 5. The molecule has 2 amide bonds. The number of carbonyl (C=O) groups is 2. The third kappa shape index (κ3) is 8.22. The van der Waals surface area contributed by atoms with Crippen LogP contribution in [-0.2, 0) is 4.74 Å². The van der Waals surface area contributed by atoms with Gasteiger partial charge in [-0.2, -0.15) is 0 Å². The zero-order valence-electron chi connectivity index (χ0n) is 18.1. The first-order valence-corrected chi connectivity index (χ1v) is 10.0. The van der Waals surface area contributed by atoms with Gasteiger partial charge in [-0.25, -0.2) is 9.59 Å². The Morgan fingerprint density at radius 1 is 0.893 bits per heavy atom. The molecular weight excluding hydrogens is 364 g/mol. The summed E-state index contributed by atoms with van der Waals surface area (Å²) >= 11 is 0. The van der Waals surface area contributed by atoms with Crippen LogP contribution in [0, 0.1) is 5.41 Å². The summed E-state index contributed by atoms with van der Waals surface area (Å²) in [6, 6.07) is -0.0799. The minimum atomic E-state index is -0.878. The molecule has 0 aromatic carbocycles. The molecule has 3 N–H and O–H groups in total. The highest BCUT2D eigenvalue weighted by Crippen LogP contribution is 2.31. The lowest BCUT2D eigenvalue weighted by atomic mass is 9.80. The second-order valence-corrected chi connectivity index (χ2v) is 9.73. The van der Waals surface area contributed by atoms with Crippen molar-refractivity contribution in [1.82, 2.24) is 9.80 Å². The molecule has 2 aliphatic heterocycles. The van der Waals surface area contributed by atoms with E-state index in [9.17, 15) is 19.8 Å². The molecule has 2 heterocycles. The van der Waals surface area contributed by atoms with E-state index in [2.05, 4.69) is 0 Å². The number of piperidine rings is 2. The Hall–Kier alpha value is -1.54.